The maximum atomic E-state index is 12.4. The average Bonchev–Trinajstić information content (AvgIpc) is 3.41. The molecule has 10 heteroatoms. The number of hydrogen-bond donors (Lipinski definition) is 2. The third kappa shape index (κ3) is 16.8. The second-order valence-corrected chi connectivity index (χ2v) is 12.7. The van der Waals surface area contributed by atoms with Crippen LogP contribution in [0.25, 0.3) is 11.2 Å². The number of imidazole rings is 1. The number of aromatic nitrogens is 4. The summed E-state index contributed by atoms with van der Waals surface area (Å²) in [6.07, 6.45) is 27.6. The fourth-order valence-electron chi connectivity index (χ4n) is 5.18. The van der Waals surface area contributed by atoms with E-state index in [0.29, 0.717) is 30.6 Å². The lowest BCUT2D eigenvalue weighted by atomic mass is 10.1. The van der Waals surface area contributed by atoms with Gasteiger partial charge >= 0.3 is 11.9 Å². The second kappa shape index (κ2) is 23.3. The van der Waals surface area contributed by atoms with E-state index in [2.05, 4.69) is 34.0 Å². The van der Waals surface area contributed by atoms with E-state index in [1.165, 1.54) is 77.0 Å². The molecule has 0 saturated heterocycles. The predicted molar refractivity (Wildman–Crippen MR) is 181 cm³/mol. The average molecular weight is 629 g/mol. The Morgan fingerprint density at radius 1 is 0.889 bits per heavy atom. The summed E-state index contributed by atoms with van der Waals surface area (Å²) >= 11 is 0. The van der Waals surface area contributed by atoms with Crippen LogP contribution in [-0.2, 0) is 25.6 Å². The van der Waals surface area contributed by atoms with Crippen molar-refractivity contribution < 1.29 is 19.1 Å². The number of rotatable bonds is 26. The molecule has 2 aromatic heterocycles. The molecule has 2 heterocycles. The zero-order valence-electron chi connectivity index (χ0n) is 28.3. The monoisotopic (exact) mass is 628 g/mol. The standard InChI is InChI=1S/C35H60N6O4/c1-4-5-6-7-8-9-10-11-12-13-14-15-16-17-18-19-20-21-31(42)44-23-22-29(26-45-34(43)32(36)28(2)3)25-41-27-39-30-24-38-35(37)40-33(30)41/h11-12,24,27-29,32H,4-10,13-23,25-26,36H2,1-3H3,(H2,37,38,40)/t29-,32+/m1/s1. The van der Waals surface area contributed by atoms with Crippen molar-refractivity contribution in [1.82, 2.24) is 19.5 Å². The van der Waals surface area contributed by atoms with Gasteiger partial charge in [0.2, 0.25) is 5.95 Å². The highest BCUT2D eigenvalue weighted by atomic mass is 16.5. The van der Waals surface area contributed by atoms with Crippen LogP contribution in [0.5, 0.6) is 0 Å². The molecule has 254 valence electrons. The van der Waals surface area contributed by atoms with Crippen LogP contribution in [-0.4, -0.2) is 50.7 Å². The molecule has 45 heavy (non-hydrogen) atoms. The molecule has 0 fully saturated rings. The molecule has 2 rings (SSSR count). The summed E-state index contributed by atoms with van der Waals surface area (Å²) < 4.78 is 12.9. The Labute approximate surface area is 271 Å². The predicted octanol–water partition coefficient (Wildman–Crippen LogP) is 7.30. The van der Waals surface area contributed by atoms with Crippen molar-refractivity contribution in [2.75, 3.05) is 18.9 Å². The second-order valence-electron chi connectivity index (χ2n) is 12.7. The molecule has 0 bridgehead atoms. The van der Waals surface area contributed by atoms with Gasteiger partial charge in [0.15, 0.2) is 5.65 Å². The van der Waals surface area contributed by atoms with Crippen molar-refractivity contribution in [2.24, 2.45) is 17.6 Å². The highest BCUT2D eigenvalue weighted by molar-refractivity contribution is 5.75. The summed E-state index contributed by atoms with van der Waals surface area (Å²) in [6.45, 7) is 6.87. The quantitative estimate of drug-likeness (QED) is 0.0621. The Morgan fingerprint density at radius 2 is 1.51 bits per heavy atom. The molecule has 0 amide bonds. The topological polar surface area (TPSA) is 148 Å². The highest BCUT2D eigenvalue weighted by Gasteiger charge is 2.22. The molecule has 0 unspecified atom stereocenters. The van der Waals surface area contributed by atoms with Crippen LogP contribution >= 0.6 is 0 Å². The van der Waals surface area contributed by atoms with Gasteiger partial charge in [0, 0.05) is 18.9 Å². The number of carbonyl (C=O) groups excluding carboxylic acids is 2. The minimum atomic E-state index is -0.688. The zero-order valence-corrected chi connectivity index (χ0v) is 28.3. The van der Waals surface area contributed by atoms with Crippen molar-refractivity contribution in [3.63, 3.8) is 0 Å². The van der Waals surface area contributed by atoms with Crippen LogP contribution in [0.15, 0.2) is 24.7 Å². The molecule has 10 nitrogen and oxygen atoms in total. The molecule has 2 atom stereocenters. The maximum Gasteiger partial charge on any atom is 0.323 e. The van der Waals surface area contributed by atoms with Gasteiger partial charge in [0.05, 0.1) is 25.7 Å². The Hall–Kier alpha value is -3.01. The van der Waals surface area contributed by atoms with Crippen molar-refractivity contribution in [3.05, 3.63) is 24.7 Å². The van der Waals surface area contributed by atoms with Crippen molar-refractivity contribution in [1.29, 1.82) is 0 Å². The summed E-state index contributed by atoms with van der Waals surface area (Å²) in [5.41, 5.74) is 13.0. The van der Waals surface area contributed by atoms with Crippen molar-refractivity contribution >= 4 is 29.1 Å². The first-order valence-corrected chi connectivity index (χ1v) is 17.5. The van der Waals surface area contributed by atoms with E-state index in [-0.39, 0.29) is 37.0 Å². The third-order valence-corrected chi connectivity index (χ3v) is 8.22. The molecule has 0 aliphatic rings. The fraction of sp³-hybridized carbons (Fsp3) is 0.743. The summed E-state index contributed by atoms with van der Waals surface area (Å²) in [5.74, 6) is -0.629. The number of allylic oxidation sites excluding steroid dienone is 2. The van der Waals surface area contributed by atoms with E-state index >= 15 is 0 Å². The van der Waals surface area contributed by atoms with Gasteiger partial charge in [-0.05, 0) is 44.4 Å². The van der Waals surface area contributed by atoms with Gasteiger partial charge in [-0.25, -0.2) is 9.97 Å². The highest BCUT2D eigenvalue weighted by Crippen LogP contribution is 2.17. The lowest BCUT2D eigenvalue weighted by Crippen LogP contribution is -2.38. The molecule has 2 aromatic rings. The first kappa shape index (κ1) is 38.2. The number of esters is 2. The summed E-state index contributed by atoms with van der Waals surface area (Å²) in [7, 11) is 0. The van der Waals surface area contributed by atoms with Gasteiger partial charge in [0.1, 0.15) is 11.6 Å². The molecule has 4 N–H and O–H groups in total. The lowest BCUT2D eigenvalue weighted by Gasteiger charge is -2.20. The van der Waals surface area contributed by atoms with Crippen LogP contribution in [0, 0.1) is 11.8 Å². The molecule has 0 aliphatic carbocycles. The molecule has 0 radical (unpaired) electrons. The summed E-state index contributed by atoms with van der Waals surface area (Å²) in [4.78, 5) is 37.3. The maximum absolute atomic E-state index is 12.4. The van der Waals surface area contributed by atoms with E-state index in [0.717, 1.165) is 19.3 Å². The summed E-state index contributed by atoms with van der Waals surface area (Å²) in [5, 5.41) is 0. The van der Waals surface area contributed by atoms with E-state index in [1.54, 1.807) is 12.5 Å². The van der Waals surface area contributed by atoms with Gasteiger partial charge in [-0.15, -0.1) is 0 Å². The lowest BCUT2D eigenvalue weighted by molar-refractivity contribution is -0.149. The normalized spacial score (nSPS) is 13.1. The largest absolute Gasteiger partial charge is 0.466 e. The number of ether oxygens (including phenoxy) is 2. The number of nitrogen functional groups attached to an aromatic ring is 1. The van der Waals surface area contributed by atoms with Crippen LogP contribution in [0.2, 0.25) is 0 Å². The first-order chi connectivity index (χ1) is 21.8. The van der Waals surface area contributed by atoms with Crippen molar-refractivity contribution in [3.8, 4) is 0 Å². The Morgan fingerprint density at radius 3 is 2.16 bits per heavy atom. The van der Waals surface area contributed by atoms with E-state index in [4.69, 9.17) is 20.9 Å². The van der Waals surface area contributed by atoms with E-state index in [1.807, 2.05) is 18.4 Å². The number of anilines is 1. The van der Waals surface area contributed by atoms with Crippen LogP contribution < -0.4 is 11.5 Å². The number of unbranched alkanes of at least 4 members (excludes halogenated alkanes) is 13. The Balaban J connectivity index is 1.59. The number of hydrogen-bond acceptors (Lipinski definition) is 9. The number of fused-ring (bicyclic) bond motifs is 1. The Bertz CT molecular complexity index is 1120. The number of nitrogens with two attached hydrogens (primary N) is 2. The summed E-state index contributed by atoms with van der Waals surface area (Å²) in [6, 6.07) is -0.688. The van der Waals surface area contributed by atoms with Crippen LogP contribution in [0.4, 0.5) is 5.95 Å². The van der Waals surface area contributed by atoms with Crippen LogP contribution in [0.1, 0.15) is 130 Å². The smallest absolute Gasteiger partial charge is 0.323 e. The van der Waals surface area contributed by atoms with Gasteiger partial charge < -0.3 is 25.5 Å². The SMILES string of the molecule is CCCCCCCCC=CCCCCCCCCCC(=O)OCC[C@@H](COC(=O)[C@@H](N)C(C)C)Cn1cnc2cnc(N)nc21. The molecule has 0 aromatic carbocycles. The van der Waals surface area contributed by atoms with E-state index < -0.39 is 12.0 Å². The first-order valence-electron chi connectivity index (χ1n) is 17.5. The number of carbonyl (C=O) groups is 2. The number of nitrogens with zero attached hydrogens (tertiary/aromatic N) is 4. The van der Waals surface area contributed by atoms with Gasteiger partial charge in [-0.2, -0.15) is 4.98 Å². The third-order valence-electron chi connectivity index (χ3n) is 8.22. The van der Waals surface area contributed by atoms with Gasteiger partial charge in [-0.1, -0.05) is 97.1 Å². The molecule has 0 aliphatic heterocycles. The van der Waals surface area contributed by atoms with Gasteiger partial charge in [-0.3, -0.25) is 9.59 Å². The molecular formula is C35H60N6O4. The molecule has 0 saturated carbocycles. The van der Waals surface area contributed by atoms with Crippen LogP contribution in [0.3, 0.4) is 0 Å². The van der Waals surface area contributed by atoms with E-state index in [9.17, 15) is 9.59 Å². The van der Waals surface area contributed by atoms with Gasteiger partial charge in [0.25, 0.3) is 0 Å². The molecule has 0 spiro atoms. The fourth-order valence-corrected chi connectivity index (χ4v) is 5.18. The van der Waals surface area contributed by atoms with Crippen molar-refractivity contribution in [2.45, 2.75) is 143 Å². The minimum absolute atomic E-state index is 0.0269. The zero-order chi connectivity index (χ0) is 32.7. The Kier molecular flexibility index (Phi) is 19.8. The minimum Gasteiger partial charge on any atom is -0.466 e. The molecular weight excluding hydrogens is 568 g/mol.